The van der Waals surface area contributed by atoms with E-state index in [9.17, 15) is 4.79 Å². The van der Waals surface area contributed by atoms with Gasteiger partial charge >= 0.3 is 0 Å². The number of benzene rings is 3. The summed E-state index contributed by atoms with van der Waals surface area (Å²) in [7, 11) is 1.60. The lowest BCUT2D eigenvalue weighted by atomic mass is 10.1. The van der Waals surface area contributed by atoms with Gasteiger partial charge in [-0.3, -0.25) is 9.69 Å². The fourth-order valence-corrected chi connectivity index (χ4v) is 3.80. The standard InChI is InChI=1S/C22H15N3O2S/c1-27-18-12-10-17(11-13-18)25(21(26)16-8-6-15(14-23)7-9-16)22-24-19-4-2-3-5-20(19)28-22/h2-13H,1H3. The topological polar surface area (TPSA) is 66.2 Å². The van der Waals surface area contributed by atoms with E-state index in [0.29, 0.717) is 27.7 Å². The van der Waals surface area contributed by atoms with Crippen molar-refractivity contribution in [3.63, 3.8) is 0 Å². The molecule has 4 aromatic rings. The molecule has 0 aliphatic heterocycles. The van der Waals surface area contributed by atoms with Crippen LogP contribution in [0.25, 0.3) is 10.2 Å². The van der Waals surface area contributed by atoms with Crippen LogP contribution in [0, 0.1) is 11.3 Å². The van der Waals surface area contributed by atoms with Crippen molar-refractivity contribution in [2.24, 2.45) is 0 Å². The Kier molecular flexibility index (Phi) is 4.75. The Morgan fingerprint density at radius 2 is 1.75 bits per heavy atom. The van der Waals surface area contributed by atoms with Crippen molar-refractivity contribution < 1.29 is 9.53 Å². The van der Waals surface area contributed by atoms with Crippen LogP contribution < -0.4 is 9.64 Å². The van der Waals surface area contributed by atoms with Gasteiger partial charge in [0.15, 0.2) is 5.13 Å². The lowest BCUT2D eigenvalue weighted by Gasteiger charge is -2.20. The van der Waals surface area contributed by atoms with Gasteiger partial charge < -0.3 is 4.74 Å². The molecule has 0 saturated heterocycles. The molecule has 0 N–H and O–H groups in total. The summed E-state index contributed by atoms with van der Waals surface area (Å²) >= 11 is 1.45. The highest BCUT2D eigenvalue weighted by Crippen LogP contribution is 2.35. The van der Waals surface area contributed by atoms with E-state index in [4.69, 9.17) is 10.00 Å². The number of para-hydroxylation sites is 1. The third-order valence-corrected chi connectivity index (χ3v) is 5.29. The minimum Gasteiger partial charge on any atom is -0.497 e. The highest BCUT2D eigenvalue weighted by atomic mass is 32.1. The predicted molar refractivity (Wildman–Crippen MR) is 110 cm³/mol. The molecule has 6 heteroatoms. The number of carbonyl (C=O) groups is 1. The van der Waals surface area contributed by atoms with Gasteiger partial charge in [-0.2, -0.15) is 5.26 Å². The quantitative estimate of drug-likeness (QED) is 0.487. The normalized spacial score (nSPS) is 10.4. The lowest BCUT2D eigenvalue weighted by molar-refractivity contribution is 0.0999. The van der Waals surface area contributed by atoms with Crippen LogP contribution in [-0.2, 0) is 0 Å². The van der Waals surface area contributed by atoms with E-state index in [0.717, 1.165) is 10.2 Å². The van der Waals surface area contributed by atoms with E-state index in [-0.39, 0.29) is 5.91 Å². The maximum absolute atomic E-state index is 13.4. The SMILES string of the molecule is COc1ccc(N(C(=O)c2ccc(C#N)cc2)c2nc3ccccc3s2)cc1. The number of carbonyl (C=O) groups excluding carboxylic acids is 1. The van der Waals surface area contributed by atoms with Gasteiger partial charge in [0.1, 0.15) is 5.75 Å². The van der Waals surface area contributed by atoms with Gasteiger partial charge in [0.05, 0.1) is 34.6 Å². The molecule has 0 aliphatic carbocycles. The van der Waals surface area contributed by atoms with Crippen LogP contribution in [0.3, 0.4) is 0 Å². The van der Waals surface area contributed by atoms with E-state index >= 15 is 0 Å². The number of fused-ring (bicyclic) bond motifs is 1. The number of aromatic nitrogens is 1. The summed E-state index contributed by atoms with van der Waals surface area (Å²) in [6.45, 7) is 0. The average Bonchev–Trinajstić information content (AvgIpc) is 3.18. The number of hydrogen-bond acceptors (Lipinski definition) is 5. The van der Waals surface area contributed by atoms with E-state index in [2.05, 4.69) is 11.1 Å². The lowest BCUT2D eigenvalue weighted by Crippen LogP contribution is -2.25. The highest BCUT2D eigenvalue weighted by molar-refractivity contribution is 7.22. The van der Waals surface area contributed by atoms with Crippen LogP contribution >= 0.6 is 11.3 Å². The number of thiazole rings is 1. The number of nitriles is 1. The van der Waals surface area contributed by atoms with Crippen molar-refractivity contribution in [1.29, 1.82) is 5.26 Å². The zero-order chi connectivity index (χ0) is 19.5. The second-order valence-corrected chi connectivity index (χ2v) is 7.00. The van der Waals surface area contributed by atoms with Gasteiger partial charge in [-0.25, -0.2) is 4.98 Å². The van der Waals surface area contributed by atoms with Crippen molar-refractivity contribution in [1.82, 2.24) is 4.98 Å². The monoisotopic (exact) mass is 385 g/mol. The smallest absolute Gasteiger partial charge is 0.264 e. The second kappa shape index (κ2) is 7.51. The molecule has 3 aromatic carbocycles. The fourth-order valence-electron chi connectivity index (χ4n) is 2.82. The third kappa shape index (κ3) is 3.31. The average molecular weight is 385 g/mol. The van der Waals surface area contributed by atoms with Crippen molar-refractivity contribution in [3.05, 3.63) is 83.9 Å². The van der Waals surface area contributed by atoms with Crippen molar-refractivity contribution in [3.8, 4) is 11.8 Å². The van der Waals surface area contributed by atoms with Crippen LogP contribution in [0.15, 0.2) is 72.8 Å². The minimum absolute atomic E-state index is 0.214. The first-order chi connectivity index (χ1) is 13.7. The summed E-state index contributed by atoms with van der Waals surface area (Å²) in [6.07, 6.45) is 0. The Bertz CT molecular complexity index is 1140. The molecule has 5 nitrogen and oxygen atoms in total. The van der Waals surface area contributed by atoms with Gasteiger partial charge in [0.2, 0.25) is 0 Å². The molecule has 4 rings (SSSR count). The molecular weight excluding hydrogens is 370 g/mol. The number of anilines is 2. The summed E-state index contributed by atoms with van der Waals surface area (Å²) in [6, 6.07) is 23.7. The molecule has 0 aliphatic rings. The molecule has 28 heavy (non-hydrogen) atoms. The number of ether oxygens (including phenoxy) is 1. The largest absolute Gasteiger partial charge is 0.497 e. The first kappa shape index (κ1) is 17.7. The predicted octanol–water partition coefficient (Wildman–Crippen LogP) is 5.16. The van der Waals surface area contributed by atoms with Gasteiger partial charge in [0, 0.05) is 5.56 Å². The molecule has 1 heterocycles. The van der Waals surface area contributed by atoms with Gasteiger partial charge in [0.25, 0.3) is 5.91 Å². The number of rotatable bonds is 4. The van der Waals surface area contributed by atoms with Crippen LogP contribution in [0.5, 0.6) is 5.75 Å². The molecule has 0 bridgehead atoms. The summed E-state index contributed by atoms with van der Waals surface area (Å²) < 4.78 is 6.23. The number of hydrogen-bond donors (Lipinski definition) is 0. The van der Waals surface area contributed by atoms with Crippen molar-refractivity contribution in [2.75, 3.05) is 12.0 Å². The molecule has 0 radical (unpaired) electrons. The summed E-state index contributed by atoms with van der Waals surface area (Å²) in [5.74, 6) is 0.493. The number of nitrogens with zero attached hydrogens (tertiary/aromatic N) is 3. The van der Waals surface area contributed by atoms with E-state index < -0.39 is 0 Å². The third-order valence-electron chi connectivity index (χ3n) is 4.27. The van der Waals surface area contributed by atoms with Gasteiger partial charge in [-0.1, -0.05) is 23.5 Å². The zero-order valence-electron chi connectivity index (χ0n) is 15.0. The van der Waals surface area contributed by atoms with Crippen LogP contribution in [0.1, 0.15) is 15.9 Å². The zero-order valence-corrected chi connectivity index (χ0v) is 15.8. The van der Waals surface area contributed by atoms with Crippen molar-refractivity contribution >= 4 is 38.3 Å². The summed E-state index contributed by atoms with van der Waals surface area (Å²) in [4.78, 5) is 19.6. The number of amides is 1. The fraction of sp³-hybridized carbons (Fsp3) is 0.0455. The molecule has 0 fully saturated rings. The maximum atomic E-state index is 13.4. The molecular formula is C22H15N3O2S. The van der Waals surface area contributed by atoms with E-state index in [1.807, 2.05) is 48.5 Å². The first-order valence-electron chi connectivity index (χ1n) is 8.54. The van der Waals surface area contributed by atoms with Gasteiger partial charge in [-0.15, -0.1) is 0 Å². The molecule has 1 amide bonds. The van der Waals surface area contributed by atoms with Crippen LogP contribution in [-0.4, -0.2) is 18.0 Å². The van der Waals surface area contributed by atoms with E-state index in [1.165, 1.54) is 11.3 Å². The highest BCUT2D eigenvalue weighted by Gasteiger charge is 2.23. The van der Waals surface area contributed by atoms with Crippen LogP contribution in [0.4, 0.5) is 10.8 Å². The summed E-state index contributed by atoms with van der Waals surface area (Å²) in [5.41, 5.74) is 2.52. The van der Waals surface area contributed by atoms with Crippen molar-refractivity contribution in [2.45, 2.75) is 0 Å². The van der Waals surface area contributed by atoms with E-state index in [1.54, 1.807) is 36.3 Å². The number of methoxy groups -OCH3 is 1. The second-order valence-electron chi connectivity index (χ2n) is 5.99. The van der Waals surface area contributed by atoms with Crippen LogP contribution in [0.2, 0.25) is 0 Å². The molecule has 0 unspecified atom stereocenters. The summed E-state index contributed by atoms with van der Waals surface area (Å²) in [5, 5.41) is 9.58. The Hall–Kier alpha value is -3.69. The molecule has 136 valence electrons. The minimum atomic E-state index is -0.214. The maximum Gasteiger partial charge on any atom is 0.264 e. The first-order valence-corrected chi connectivity index (χ1v) is 9.35. The molecule has 0 spiro atoms. The molecule has 0 saturated carbocycles. The Balaban J connectivity index is 1.81. The molecule has 1 aromatic heterocycles. The van der Waals surface area contributed by atoms with Gasteiger partial charge in [-0.05, 0) is 60.7 Å². The molecule has 0 atom stereocenters. The Morgan fingerprint density at radius 3 is 2.39 bits per heavy atom. The Morgan fingerprint density at radius 1 is 1.04 bits per heavy atom. The Labute approximate surface area is 166 Å².